The number of aromatic nitrogens is 4. The number of hydrogen-bond donors (Lipinski definition) is 0. The molecule has 6 nitrogen and oxygen atoms in total. The van der Waals surface area contributed by atoms with Gasteiger partial charge in [0.1, 0.15) is 0 Å². The van der Waals surface area contributed by atoms with Gasteiger partial charge in [0.05, 0.1) is 16.7 Å². The van der Waals surface area contributed by atoms with E-state index in [9.17, 15) is 4.79 Å². The second-order valence-corrected chi connectivity index (χ2v) is 7.04. The number of hydrogen-bond acceptors (Lipinski definition) is 5. The average molecular weight is 369 g/mol. The van der Waals surface area contributed by atoms with E-state index < -0.39 is 0 Å². The second-order valence-electron chi connectivity index (χ2n) is 7.04. The first-order valence-corrected chi connectivity index (χ1v) is 9.30. The molecular weight excluding hydrogens is 350 g/mol. The van der Waals surface area contributed by atoms with Crippen LogP contribution in [0.4, 0.5) is 5.95 Å². The minimum atomic E-state index is -0.0712. The van der Waals surface area contributed by atoms with Crippen LogP contribution in [0, 0.1) is 0 Å². The molecule has 0 amide bonds. The predicted molar refractivity (Wildman–Crippen MR) is 109 cm³/mol. The number of benzene rings is 2. The third-order valence-electron chi connectivity index (χ3n) is 5.29. The van der Waals surface area contributed by atoms with Crippen LogP contribution in [-0.2, 0) is 20.0 Å². The highest BCUT2D eigenvalue weighted by Crippen LogP contribution is 2.25. The summed E-state index contributed by atoms with van der Waals surface area (Å²) in [7, 11) is 1.78. The standard InChI is InChI=1S/C22H19N5O/c1-26-21(28)13-19(16-6-7-18-20(12-16)24-10-9-23-18)25-22(26)27-11-8-15-4-2-3-5-17(15)14-27/h2-7,9-10,12-13H,8,11,14H2,1H3. The molecule has 1 aliphatic heterocycles. The van der Waals surface area contributed by atoms with E-state index in [-0.39, 0.29) is 5.56 Å². The van der Waals surface area contributed by atoms with Crippen molar-refractivity contribution in [2.24, 2.45) is 7.05 Å². The molecule has 28 heavy (non-hydrogen) atoms. The van der Waals surface area contributed by atoms with Crippen molar-refractivity contribution >= 4 is 17.0 Å². The number of nitrogens with zero attached hydrogens (tertiary/aromatic N) is 5. The van der Waals surface area contributed by atoms with Gasteiger partial charge in [0.25, 0.3) is 5.56 Å². The Morgan fingerprint density at radius 1 is 0.929 bits per heavy atom. The van der Waals surface area contributed by atoms with E-state index in [1.165, 1.54) is 11.1 Å². The fourth-order valence-corrected chi connectivity index (χ4v) is 3.75. The first kappa shape index (κ1) is 16.6. The Morgan fingerprint density at radius 3 is 2.57 bits per heavy atom. The van der Waals surface area contributed by atoms with Gasteiger partial charge in [-0.25, -0.2) is 4.98 Å². The number of rotatable bonds is 2. The molecule has 2 aromatic heterocycles. The second kappa shape index (κ2) is 6.56. The Hall–Kier alpha value is -3.54. The van der Waals surface area contributed by atoms with Gasteiger partial charge in [-0.2, -0.15) is 0 Å². The van der Waals surface area contributed by atoms with E-state index in [1.54, 1.807) is 30.1 Å². The molecule has 0 aliphatic carbocycles. The fourth-order valence-electron chi connectivity index (χ4n) is 3.75. The molecular formula is C22H19N5O. The Bertz CT molecular complexity index is 1250. The van der Waals surface area contributed by atoms with Crippen molar-refractivity contribution in [1.29, 1.82) is 0 Å². The molecule has 0 fully saturated rings. The molecule has 4 aromatic rings. The molecule has 0 N–H and O–H groups in total. The van der Waals surface area contributed by atoms with Crippen molar-refractivity contribution in [2.75, 3.05) is 11.4 Å². The van der Waals surface area contributed by atoms with Crippen LogP contribution in [-0.4, -0.2) is 26.1 Å². The highest BCUT2D eigenvalue weighted by atomic mass is 16.1. The summed E-state index contributed by atoms with van der Waals surface area (Å²) in [6.07, 6.45) is 4.28. The van der Waals surface area contributed by atoms with Crippen molar-refractivity contribution in [1.82, 2.24) is 19.5 Å². The van der Waals surface area contributed by atoms with E-state index in [2.05, 4.69) is 39.1 Å². The van der Waals surface area contributed by atoms with Crippen molar-refractivity contribution in [2.45, 2.75) is 13.0 Å². The van der Waals surface area contributed by atoms with Crippen molar-refractivity contribution in [3.05, 3.63) is 82.4 Å². The molecule has 2 aromatic carbocycles. The van der Waals surface area contributed by atoms with Crippen LogP contribution in [0.5, 0.6) is 0 Å². The van der Waals surface area contributed by atoms with E-state index >= 15 is 0 Å². The molecule has 0 radical (unpaired) electrons. The Labute approximate surface area is 162 Å². The van der Waals surface area contributed by atoms with Gasteiger partial charge < -0.3 is 4.90 Å². The van der Waals surface area contributed by atoms with Crippen molar-refractivity contribution in [3.63, 3.8) is 0 Å². The average Bonchev–Trinajstić information content (AvgIpc) is 2.75. The molecule has 3 heterocycles. The first-order chi connectivity index (χ1) is 13.7. The Kier molecular flexibility index (Phi) is 3.90. The molecule has 6 heteroatoms. The van der Waals surface area contributed by atoms with Gasteiger partial charge in [0.2, 0.25) is 5.95 Å². The van der Waals surface area contributed by atoms with Gasteiger partial charge in [0.15, 0.2) is 0 Å². The minimum Gasteiger partial charge on any atom is -0.337 e. The SMILES string of the molecule is Cn1c(N2CCc3ccccc3C2)nc(-c2ccc3nccnc3c2)cc1=O. The van der Waals surface area contributed by atoms with E-state index in [0.29, 0.717) is 11.6 Å². The van der Waals surface area contributed by atoms with Gasteiger partial charge >= 0.3 is 0 Å². The van der Waals surface area contributed by atoms with Crippen molar-refractivity contribution in [3.8, 4) is 11.3 Å². The zero-order valence-corrected chi connectivity index (χ0v) is 15.5. The van der Waals surface area contributed by atoms with Crippen LogP contribution >= 0.6 is 0 Å². The maximum absolute atomic E-state index is 12.7. The largest absolute Gasteiger partial charge is 0.337 e. The predicted octanol–water partition coefficient (Wildman–Crippen LogP) is 2.95. The maximum Gasteiger partial charge on any atom is 0.255 e. The molecule has 1 aliphatic rings. The molecule has 0 saturated heterocycles. The molecule has 0 bridgehead atoms. The van der Waals surface area contributed by atoms with E-state index in [4.69, 9.17) is 4.98 Å². The molecule has 0 atom stereocenters. The molecule has 0 saturated carbocycles. The summed E-state index contributed by atoms with van der Waals surface area (Å²) in [6, 6.07) is 15.8. The Morgan fingerprint density at radius 2 is 1.71 bits per heavy atom. The highest BCUT2D eigenvalue weighted by Gasteiger charge is 2.20. The minimum absolute atomic E-state index is 0.0712. The summed E-state index contributed by atoms with van der Waals surface area (Å²) in [5.41, 5.74) is 5.72. The quantitative estimate of drug-likeness (QED) is 0.544. The van der Waals surface area contributed by atoms with Gasteiger partial charge in [0, 0.05) is 44.2 Å². The molecule has 138 valence electrons. The lowest BCUT2D eigenvalue weighted by Gasteiger charge is -2.30. The third kappa shape index (κ3) is 2.83. The van der Waals surface area contributed by atoms with Gasteiger partial charge in [-0.15, -0.1) is 0 Å². The van der Waals surface area contributed by atoms with Crippen LogP contribution in [0.3, 0.4) is 0 Å². The number of anilines is 1. The lowest BCUT2D eigenvalue weighted by molar-refractivity contribution is 0.669. The third-order valence-corrected chi connectivity index (χ3v) is 5.29. The van der Waals surface area contributed by atoms with Crippen LogP contribution in [0.15, 0.2) is 65.7 Å². The summed E-state index contributed by atoms with van der Waals surface area (Å²) in [4.78, 5) is 28.3. The topological polar surface area (TPSA) is 63.9 Å². The summed E-state index contributed by atoms with van der Waals surface area (Å²) in [6.45, 7) is 1.59. The first-order valence-electron chi connectivity index (χ1n) is 9.30. The van der Waals surface area contributed by atoms with Crippen LogP contribution in [0.1, 0.15) is 11.1 Å². The molecule has 5 rings (SSSR count). The zero-order chi connectivity index (χ0) is 19.1. The molecule has 0 unspecified atom stereocenters. The Balaban J connectivity index is 1.58. The van der Waals surface area contributed by atoms with Crippen LogP contribution in [0.25, 0.3) is 22.3 Å². The van der Waals surface area contributed by atoms with E-state index in [0.717, 1.165) is 36.1 Å². The summed E-state index contributed by atoms with van der Waals surface area (Å²) in [5, 5.41) is 0. The van der Waals surface area contributed by atoms with Gasteiger partial charge in [-0.05, 0) is 29.7 Å². The lowest BCUT2D eigenvalue weighted by Crippen LogP contribution is -2.35. The summed E-state index contributed by atoms with van der Waals surface area (Å²) >= 11 is 0. The summed E-state index contributed by atoms with van der Waals surface area (Å²) in [5.74, 6) is 0.691. The van der Waals surface area contributed by atoms with Gasteiger partial charge in [-0.1, -0.05) is 30.3 Å². The van der Waals surface area contributed by atoms with Crippen LogP contribution < -0.4 is 10.5 Å². The smallest absolute Gasteiger partial charge is 0.255 e. The maximum atomic E-state index is 12.7. The van der Waals surface area contributed by atoms with Crippen LogP contribution in [0.2, 0.25) is 0 Å². The monoisotopic (exact) mass is 369 g/mol. The van der Waals surface area contributed by atoms with Gasteiger partial charge in [-0.3, -0.25) is 19.3 Å². The van der Waals surface area contributed by atoms with Crippen molar-refractivity contribution < 1.29 is 0 Å². The zero-order valence-electron chi connectivity index (χ0n) is 15.5. The van der Waals surface area contributed by atoms with E-state index in [1.807, 2.05) is 18.2 Å². The lowest BCUT2D eigenvalue weighted by atomic mass is 10.0. The molecule has 0 spiro atoms. The highest BCUT2D eigenvalue weighted by molar-refractivity contribution is 5.80. The fraction of sp³-hybridized carbons (Fsp3) is 0.182. The summed E-state index contributed by atoms with van der Waals surface area (Å²) < 4.78 is 1.62. The number of fused-ring (bicyclic) bond motifs is 2. The normalized spacial score (nSPS) is 13.5.